The zero-order valence-corrected chi connectivity index (χ0v) is 21.8. The van der Waals surface area contributed by atoms with Crippen molar-refractivity contribution in [2.75, 3.05) is 13.2 Å². The molecule has 0 unspecified atom stereocenters. The van der Waals surface area contributed by atoms with E-state index in [2.05, 4.69) is 20.7 Å². The van der Waals surface area contributed by atoms with Crippen LogP contribution in [-0.4, -0.2) is 84.7 Å². The molecule has 12 heteroatoms. The second kappa shape index (κ2) is 11.7. The number of aliphatic hydroxyl groups is 2. The maximum atomic E-state index is 13.4. The maximum absolute atomic E-state index is 13.4. The topological polar surface area (TPSA) is 159 Å². The van der Waals surface area contributed by atoms with Gasteiger partial charge < -0.3 is 30.5 Å². The van der Waals surface area contributed by atoms with E-state index in [1.54, 1.807) is 69.9 Å². The first-order valence-electron chi connectivity index (χ1n) is 12.2. The van der Waals surface area contributed by atoms with Gasteiger partial charge in [-0.05, 0) is 44.4 Å². The molecule has 1 aromatic carbocycles. The smallest absolute Gasteiger partial charge is 0.408 e. The number of aromatic nitrogens is 3. The molecule has 3 rings (SSSR count). The molecule has 0 saturated carbocycles. The van der Waals surface area contributed by atoms with Gasteiger partial charge in [-0.15, -0.1) is 0 Å². The molecule has 1 fully saturated rings. The van der Waals surface area contributed by atoms with Crippen molar-refractivity contribution >= 4 is 17.9 Å². The van der Waals surface area contributed by atoms with Crippen LogP contribution in [0.25, 0.3) is 5.69 Å². The van der Waals surface area contributed by atoms with Gasteiger partial charge in [-0.2, -0.15) is 5.10 Å². The largest absolute Gasteiger partial charge is 0.444 e. The average Bonchev–Trinajstić information content (AvgIpc) is 3.49. The molecule has 202 valence electrons. The predicted molar refractivity (Wildman–Crippen MR) is 133 cm³/mol. The maximum Gasteiger partial charge on any atom is 0.408 e. The number of hydrogen-bond donors (Lipinski definition) is 4. The van der Waals surface area contributed by atoms with E-state index < -0.39 is 47.7 Å². The molecule has 0 spiro atoms. The summed E-state index contributed by atoms with van der Waals surface area (Å²) in [5.41, 5.74) is 0.674. The molecular weight excluding hydrogens is 480 g/mol. The van der Waals surface area contributed by atoms with Crippen LogP contribution in [0.15, 0.2) is 36.9 Å². The van der Waals surface area contributed by atoms with Crippen molar-refractivity contribution < 1.29 is 29.3 Å². The minimum Gasteiger partial charge on any atom is -0.444 e. The summed E-state index contributed by atoms with van der Waals surface area (Å²) in [5, 5.41) is 29.7. The third-order valence-electron chi connectivity index (χ3n) is 5.95. The SMILES string of the molecule is CC(C)[C@H](NC(=O)OC(C)(C)C)C(=O)N1C[C@H](O)C[C@H]1C(=O)N[C@@H](CO)c1ccc(-n2cncn2)cc1. The van der Waals surface area contributed by atoms with Crippen LogP contribution in [0.1, 0.15) is 52.6 Å². The molecule has 4 atom stereocenters. The molecule has 0 aliphatic carbocycles. The lowest BCUT2D eigenvalue weighted by atomic mass is 10.0. The monoisotopic (exact) mass is 516 g/mol. The molecule has 4 N–H and O–H groups in total. The predicted octanol–water partition coefficient (Wildman–Crippen LogP) is 0.928. The van der Waals surface area contributed by atoms with Crippen LogP contribution in [-0.2, 0) is 14.3 Å². The summed E-state index contributed by atoms with van der Waals surface area (Å²) in [5.74, 6) is -1.30. The fourth-order valence-electron chi connectivity index (χ4n) is 4.14. The summed E-state index contributed by atoms with van der Waals surface area (Å²) < 4.78 is 6.87. The number of carbonyl (C=O) groups excluding carboxylic acids is 3. The van der Waals surface area contributed by atoms with Gasteiger partial charge in [0.05, 0.1) is 24.4 Å². The molecule has 1 saturated heterocycles. The first kappa shape index (κ1) is 28.1. The number of carbonyl (C=O) groups is 3. The summed E-state index contributed by atoms with van der Waals surface area (Å²) >= 11 is 0. The zero-order valence-electron chi connectivity index (χ0n) is 21.8. The van der Waals surface area contributed by atoms with Crippen molar-refractivity contribution in [1.82, 2.24) is 30.3 Å². The van der Waals surface area contributed by atoms with Crippen molar-refractivity contribution in [3.8, 4) is 5.69 Å². The molecule has 12 nitrogen and oxygen atoms in total. The highest BCUT2D eigenvalue weighted by Crippen LogP contribution is 2.23. The van der Waals surface area contributed by atoms with E-state index in [9.17, 15) is 24.6 Å². The van der Waals surface area contributed by atoms with Gasteiger partial charge in [0.1, 0.15) is 30.3 Å². The molecular formula is C25H36N6O6. The Bertz CT molecular complexity index is 1070. The zero-order chi connectivity index (χ0) is 27.3. The highest BCUT2D eigenvalue weighted by atomic mass is 16.6. The van der Waals surface area contributed by atoms with Crippen molar-refractivity contribution in [3.05, 3.63) is 42.5 Å². The van der Waals surface area contributed by atoms with Gasteiger partial charge in [-0.3, -0.25) is 9.59 Å². The molecule has 1 aliphatic heterocycles. The van der Waals surface area contributed by atoms with Crippen molar-refractivity contribution in [2.24, 2.45) is 5.92 Å². The third-order valence-corrected chi connectivity index (χ3v) is 5.95. The van der Waals surface area contributed by atoms with E-state index in [0.717, 1.165) is 5.69 Å². The average molecular weight is 517 g/mol. The van der Waals surface area contributed by atoms with E-state index in [-0.39, 0.29) is 25.5 Å². The highest BCUT2D eigenvalue weighted by molar-refractivity contribution is 5.92. The number of nitrogens with zero attached hydrogens (tertiary/aromatic N) is 4. The molecule has 0 bridgehead atoms. The van der Waals surface area contributed by atoms with E-state index in [4.69, 9.17) is 4.74 Å². The van der Waals surface area contributed by atoms with E-state index in [0.29, 0.717) is 5.56 Å². The first-order chi connectivity index (χ1) is 17.4. The number of β-amino-alcohol motifs (C(OH)–C–C–N with tert-alkyl or cyclic N) is 1. The molecule has 3 amide bonds. The van der Waals surface area contributed by atoms with Gasteiger partial charge in [0.2, 0.25) is 11.8 Å². The Balaban J connectivity index is 1.72. The van der Waals surface area contributed by atoms with E-state index in [1.165, 1.54) is 11.2 Å². The third kappa shape index (κ3) is 7.26. The minimum absolute atomic E-state index is 0.0399. The first-order valence-corrected chi connectivity index (χ1v) is 12.2. The fraction of sp³-hybridized carbons (Fsp3) is 0.560. The van der Waals surface area contributed by atoms with Gasteiger partial charge in [0.25, 0.3) is 0 Å². The number of likely N-dealkylation sites (tertiary alicyclic amines) is 1. The summed E-state index contributed by atoms with van der Waals surface area (Å²) in [6.45, 7) is 8.28. The number of nitrogens with one attached hydrogen (secondary N) is 2. The lowest BCUT2D eigenvalue weighted by molar-refractivity contribution is -0.141. The Morgan fingerprint density at radius 3 is 2.38 bits per heavy atom. The number of alkyl carbamates (subject to hydrolysis) is 1. The molecule has 2 aromatic rings. The van der Waals surface area contributed by atoms with E-state index >= 15 is 0 Å². The lowest BCUT2D eigenvalue weighted by Gasteiger charge is -2.31. The summed E-state index contributed by atoms with van der Waals surface area (Å²) in [4.78, 5) is 44.2. The van der Waals surface area contributed by atoms with Crippen LogP contribution in [0.2, 0.25) is 0 Å². The Morgan fingerprint density at radius 2 is 1.84 bits per heavy atom. The van der Waals surface area contributed by atoms with E-state index in [1.807, 2.05) is 0 Å². The van der Waals surface area contributed by atoms with Crippen LogP contribution in [0.3, 0.4) is 0 Å². The van der Waals surface area contributed by atoms with Gasteiger partial charge in [0, 0.05) is 13.0 Å². The van der Waals surface area contributed by atoms with Crippen molar-refractivity contribution in [2.45, 2.75) is 70.9 Å². The van der Waals surface area contributed by atoms with Crippen molar-refractivity contribution in [1.29, 1.82) is 0 Å². The Hall–Kier alpha value is -3.51. The number of ether oxygens (including phenoxy) is 1. The van der Waals surface area contributed by atoms with Gasteiger partial charge in [-0.25, -0.2) is 14.5 Å². The Kier molecular flexibility index (Phi) is 8.87. The summed E-state index contributed by atoms with van der Waals surface area (Å²) in [6, 6.07) is 4.43. The van der Waals surface area contributed by atoms with Crippen LogP contribution in [0.4, 0.5) is 4.79 Å². The Morgan fingerprint density at radius 1 is 1.16 bits per heavy atom. The standard InChI is InChI=1S/C25H36N6O6/c1-15(2)21(29-24(36)37-25(3,4)5)23(35)30-11-18(33)10-20(30)22(34)28-19(12-32)16-6-8-17(9-7-16)31-14-26-13-27-31/h6-9,13-15,18-21,32-33H,10-12H2,1-5H3,(H,28,34)(H,29,36)/t18-,19+,20+,21+/m1/s1. The molecule has 2 heterocycles. The lowest BCUT2D eigenvalue weighted by Crippen LogP contribution is -2.56. The fourth-order valence-corrected chi connectivity index (χ4v) is 4.14. The van der Waals surface area contributed by atoms with Crippen LogP contribution in [0.5, 0.6) is 0 Å². The highest BCUT2D eigenvalue weighted by Gasteiger charge is 2.43. The number of amides is 3. The second-order valence-corrected chi connectivity index (χ2v) is 10.4. The van der Waals surface area contributed by atoms with Crippen LogP contribution in [0, 0.1) is 5.92 Å². The molecule has 1 aliphatic rings. The summed E-state index contributed by atoms with van der Waals surface area (Å²) in [6.07, 6.45) is 1.37. The molecule has 0 radical (unpaired) electrons. The minimum atomic E-state index is -0.965. The Labute approximate surface area is 216 Å². The summed E-state index contributed by atoms with van der Waals surface area (Å²) in [7, 11) is 0. The van der Waals surface area contributed by atoms with Crippen molar-refractivity contribution in [3.63, 3.8) is 0 Å². The number of aliphatic hydroxyl groups excluding tert-OH is 2. The quantitative estimate of drug-likeness (QED) is 0.403. The molecule has 1 aromatic heterocycles. The second-order valence-electron chi connectivity index (χ2n) is 10.4. The normalized spacial score (nSPS) is 19.4. The van der Waals surface area contributed by atoms with Gasteiger partial charge in [0.15, 0.2) is 0 Å². The molecule has 37 heavy (non-hydrogen) atoms. The number of hydrogen-bond acceptors (Lipinski definition) is 8. The number of benzene rings is 1. The van der Waals surface area contributed by atoms with Gasteiger partial charge in [-0.1, -0.05) is 26.0 Å². The van der Waals surface area contributed by atoms with Crippen LogP contribution < -0.4 is 10.6 Å². The van der Waals surface area contributed by atoms with Gasteiger partial charge >= 0.3 is 6.09 Å². The van der Waals surface area contributed by atoms with Crippen LogP contribution >= 0.6 is 0 Å². The number of rotatable bonds is 8.